The van der Waals surface area contributed by atoms with Crippen LogP contribution in [0.2, 0.25) is 0 Å². The van der Waals surface area contributed by atoms with E-state index in [0.717, 1.165) is 31.2 Å². The lowest BCUT2D eigenvalue weighted by molar-refractivity contribution is -0.109. The van der Waals surface area contributed by atoms with E-state index in [1.54, 1.807) is 17.6 Å². The molecule has 86 valence electrons. The molecule has 1 fully saturated rings. The summed E-state index contributed by atoms with van der Waals surface area (Å²) in [7, 11) is 0. The molecule has 0 unspecified atom stereocenters. The lowest BCUT2D eigenvalue weighted by Gasteiger charge is -2.27. The Kier molecular flexibility index (Phi) is 3.90. The van der Waals surface area contributed by atoms with Crippen molar-refractivity contribution < 1.29 is 9.53 Å². The van der Waals surface area contributed by atoms with Crippen LogP contribution in [-0.4, -0.2) is 38.9 Å². The maximum absolute atomic E-state index is 10.0. The quantitative estimate of drug-likeness (QED) is 0.477. The summed E-state index contributed by atoms with van der Waals surface area (Å²) in [6.07, 6.45) is 2.19. The highest BCUT2D eigenvalue weighted by Crippen LogP contribution is 2.25. The molecule has 2 heterocycles. The first-order valence-electron chi connectivity index (χ1n) is 5.05. The van der Waals surface area contributed by atoms with Gasteiger partial charge in [0.05, 0.1) is 24.4 Å². The fourth-order valence-electron chi connectivity index (χ4n) is 1.50. The molecule has 1 aromatic rings. The Balaban J connectivity index is 1.98. The molecular weight excluding hydrogens is 226 g/mol. The molecule has 16 heavy (non-hydrogen) atoms. The molecule has 6 heteroatoms. The van der Waals surface area contributed by atoms with E-state index in [4.69, 9.17) is 4.74 Å². The summed E-state index contributed by atoms with van der Waals surface area (Å²) in [5, 5.41) is 4.96. The van der Waals surface area contributed by atoms with Crippen LogP contribution in [0.5, 0.6) is 0 Å². The molecule has 0 bridgehead atoms. The maximum Gasteiger partial charge on any atom is 0.227 e. The van der Waals surface area contributed by atoms with Crippen molar-refractivity contribution >= 4 is 29.0 Å². The zero-order valence-electron chi connectivity index (χ0n) is 8.76. The standard InChI is InChI=1S/C10H13N3O2S/c14-8-12-11-7-9-1-2-10(16-9)13-3-5-15-6-4-13/h1-2,7-8H,3-6H2,(H,12,14)/b11-7-. The Morgan fingerprint density at radius 3 is 3.00 bits per heavy atom. The molecule has 0 radical (unpaired) electrons. The zero-order valence-corrected chi connectivity index (χ0v) is 9.57. The van der Waals surface area contributed by atoms with Gasteiger partial charge in [-0.2, -0.15) is 5.10 Å². The molecule has 1 aliphatic heterocycles. The monoisotopic (exact) mass is 239 g/mol. The van der Waals surface area contributed by atoms with Crippen molar-refractivity contribution in [1.29, 1.82) is 0 Å². The number of anilines is 1. The Morgan fingerprint density at radius 1 is 1.44 bits per heavy atom. The van der Waals surface area contributed by atoms with E-state index < -0.39 is 0 Å². The van der Waals surface area contributed by atoms with Gasteiger partial charge in [-0.05, 0) is 12.1 Å². The molecule has 1 aromatic heterocycles. The molecule has 0 atom stereocenters. The molecule has 1 amide bonds. The van der Waals surface area contributed by atoms with Crippen molar-refractivity contribution in [1.82, 2.24) is 5.43 Å². The van der Waals surface area contributed by atoms with Gasteiger partial charge in [0.15, 0.2) is 0 Å². The minimum atomic E-state index is 0.549. The van der Waals surface area contributed by atoms with Crippen molar-refractivity contribution in [2.24, 2.45) is 5.10 Å². The van der Waals surface area contributed by atoms with Crippen LogP contribution >= 0.6 is 11.3 Å². The van der Waals surface area contributed by atoms with Crippen LogP contribution in [0, 0.1) is 0 Å². The second-order valence-electron chi connectivity index (χ2n) is 3.28. The highest BCUT2D eigenvalue weighted by atomic mass is 32.1. The third kappa shape index (κ3) is 2.80. The second-order valence-corrected chi connectivity index (χ2v) is 4.37. The summed E-state index contributed by atoms with van der Waals surface area (Å²) in [4.78, 5) is 13.3. The molecule has 1 saturated heterocycles. The molecule has 0 aliphatic carbocycles. The number of amides is 1. The SMILES string of the molecule is O=CN/N=C\c1ccc(N2CCOCC2)s1. The van der Waals surface area contributed by atoms with Crippen LogP contribution in [-0.2, 0) is 9.53 Å². The zero-order chi connectivity index (χ0) is 11.2. The van der Waals surface area contributed by atoms with E-state index in [1.165, 1.54) is 5.00 Å². The first kappa shape index (κ1) is 11.1. The van der Waals surface area contributed by atoms with Crippen LogP contribution in [0.15, 0.2) is 17.2 Å². The van der Waals surface area contributed by atoms with Crippen LogP contribution in [0.25, 0.3) is 0 Å². The van der Waals surface area contributed by atoms with Crippen molar-refractivity contribution in [3.8, 4) is 0 Å². The van der Waals surface area contributed by atoms with E-state index in [1.807, 2.05) is 6.07 Å². The van der Waals surface area contributed by atoms with Gasteiger partial charge < -0.3 is 9.64 Å². The van der Waals surface area contributed by atoms with Crippen LogP contribution < -0.4 is 10.3 Å². The fourth-order valence-corrected chi connectivity index (χ4v) is 2.43. The summed E-state index contributed by atoms with van der Waals surface area (Å²) in [5.41, 5.74) is 2.25. The van der Waals surface area contributed by atoms with Gasteiger partial charge in [-0.3, -0.25) is 4.79 Å². The summed E-state index contributed by atoms with van der Waals surface area (Å²) in [6, 6.07) is 4.06. The van der Waals surface area contributed by atoms with Crippen molar-refractivity contribution in [3.05, 3.63) is 17.0 Å². The highest BCUT2D eigenvalue weighted by molar-refractivity contribution is 7.17. The third-order valence-electron chi connectivity index (χ3n) is 2.25. The number of carbonyl (C=O) groups is 1. The highest BCUT2D eigenvalue weighted by Gasteiger charge is 2.12. The molecule has 1 N–H and O–H groups in total. The molecule has 2 rings (SSSR count). The second kappa shape index (κ2) is 5.62. The van der Waals surface area contributed by atoms with E-state index >= 15 is 0 Å². The largest absolute Gasteiger partial charge is 0.378 e. The number of nitrogens with zero attached hydrogens (tertiary/aromatic N) is 2. The average molecular weight is 239 g/mol. The van der Waals surface area contributed by atoms with E-state index in [9.17, 15) is 4.79 Å². The van der Waals surface area contributed by atoms with Gasteiger partial charge in [0.1, 0.15) is 0 Å². The first-order chi connectivity index (χ1) is 7.90. The maximum atomic E-state index is 10.0. The van der Waals surface area contributed by atoms with Crippen LogP contribution in [0.1, 0.15) is 4.88 Å². The predicted molar refractivity (Wildman–Crippen MR) is 64.1 cm³/mol. The normalized spacial score (nSPS) is 16.6. The molecule has 1 aliphatic rings. The lowest BCUT2D eigenvalue weighted by Crippen LogP contribution is -2.35. The summed E-state index contributed by atoms with van der Waals surface area (Å²) in [6.45, 7) is 3.44. The smallest absolute Gasteiger partial charge is 0.227 e. The lowest BCUT2D eigenvalue weighted by atomic mass is 10.4. The first-order valence-corrected chi connectivity index (χ1v) is 5.86. The average Bonchev–Trinajstić information content (AvgIpc) is 2.79. The number of ether oxygens (including phenoxy) is 1. The predicted octanol–water partition coefficient (Wildman–Crippen LogP) is 0.665. The van der Waals surface area contributed by atoms with Gasteiger partial charge in [-0.25, -0.2) is 5.43 Å². The summed E-state index contributed by atoms with van der Waals surface area (Å²) in [5.74, 6) is 0. The van der Waals surface area contributed by atoms with Gasteiger partial charge in [0.2, 0.25) is 6.41 Å². The van der Waals surface area contributed by atoms with Gasteiger partial charge in [-0.1, -0.05) is 0 Å². The number of rotatable bonds is 4. The van der Waals surface area contributed by atoms with E-state index in [-0.39, 0.29) is 0 Å². The van der Waals surface area contributed by atoms with Crippen molar-refractivity contribution in [2.75, 3.05) is 31.2 Å². The Bertz CT molecular complexity index is 372. The molecular formula is C10H13N3O2S. The van der Waals surface area contributed by atoms with Crippen LogP contribution in [0.4, 0.5) is 5.00 Å². The van der Waals surface area contributed by atoms with Gasteiger partial charge in [-0.15, -0.1) is 11.3 Å². The number of hydrogen-bond donors (Lipinski definition) is 1. The Labute approximate surface area is 97.7 Å². The van der Waals surface area contributed by atoms with E-state index in [2.05, 4.69) is 21.5 Å². The number of nitrogens with one attached hydrogen (secondary N) is 1. The van der Waals surface area contributed by atoms with Gasteiger partial charge in [0.25, 0.3) is 0 Å². The Hall–Kier alpha value is -1.40. The molecule has 5 nitrogen and oxygen atoms in total. The topological polar surface area (TPSA) is 53.9 Å². The van der Waals surface area contributed by atoms with Crippen molar-refractivity contribution in [3.63, 3.8) is 0 Å². The molecule has 0 aromatic carbocycles. The van der Waals surface area contributed by atoms with Crippen LogP contribution in [0.3, 0.4) is 0 Å². The minimum Gasteiger partial charge on any atom is -0.378 e. The number of hydrazone groups is 1. The number of hydrogen-bond acceptors (Lipinski definition) is 5. The minimum absolute atomic E-state index is 0.549. The summed E-state index contributed by atoms with van der Waals surface area (Å²) >= 11 is 1.65. The Morgan fingerprint density at radius 2 is 2.25 bits per heavy atom. The number of morpholine rings is 1. The third-order valence-corrected chi connectivity index (χ3v) is 3.33. The molecule has 0 saturated carbocycles. The fraction of sp³-hybridized carbons (Fsp3) is 0.400. The number of carbonyl (C=O) groups excluding carboxylic acids is 1. The van der Waals surface area contributed by atoms with Gasteiger partial charge in [0, 0.05) is 18.0 Å². The number of thiophene rings is 1. The summed E-state index contributed by atoms with van der Waals surface area (Å²) < 4.78 is 5.30. The van der Waals surface area contributed by atoms with Gasteiger partial charge >= 0.3 is 0 Å². The van der Waals surface area contributed by atoms with Crippen molar-refractivity contribution in [2.45, 2.75) is 0 Å². The molecule has 0 spiro atoms. The van der Waals surface area contributed by atoms with E-state index in [0.29, 0.717) is 6.41 Å².